The molecule has 0 radical (unpaired) electrons. The number of benzene rings is 1. The fourth-order valence-corrected chi connectivity index (χ4v) is 6.42. The second-order valence-corrected chi connectivity index (χ2v) is 10.5. The Bertz CT molecular complexity index is 1150. The second-order valence-electron chi connectivity index (χ2n) is 7.14. The highest BCUT2D eigenvalue weighted by Crippen LogP contribution is 2.31. The number of amides is 1. The van der Waals surface area contributed by atoms with Gasteiger partial charge in [-0.25, -0.2) is 8.42 Å². The fraction of sp³-hybridized carbons (Fsp3) is 0.300. The Labute approximate surface area is 178 Å². The third-order valence-corrected chi connectivity index (χ3v) is 8.19. The molecule has 2 N–H and O–H groups in total. The molecule has 158 valence electrons. The number of aryl methyl sites for hydroxylation is 2. The van der Waals surface area contributed by atoms with E-state index in [9.17, 15) is 13.2 Å². The van der Waals surface area contributed by atoms with Gasteiger partial charge in [-0.15, -0.1) is 16.4 Å². The molecule has 10 heteroatoms. The molecule has 3 heterocycles. The molecule has 1 fully saturated rings. The Morgan fingerprint density at radius 2 is 2.00 bits per heavy atom. The Morgan fingerprint density at radius 1 is 1.23 bits per heavy atom. The molecular formula is C20H22N4O4S2. The fourth-order valence-electron chi connectivity index (χ4n) is 3.35. The minimum Gasteiger partial charge on any atom is -0.438 e. The second kappa shape index (κ2) is 8.21. The van der Waals surface area contributed by atoms with Gasteiger partial charge in [0, 0.05) is 28.9 Å². The number of anilines is 1. The van der Waals surface area contributed by atoms with Crippen LogP contribution < -0.4 is 10.1 Å². The SMILES string of the molecule is Cc1cc(Oc2ccc(NC(=O)[C@@H]3CCCN3S(=O)(=O)c3ccc(C)s3)cc2)n[nH]1. The first-order valence-corrected chi connectivity index (χ1v) is 11.8. The number of hydrogen-bond donors (Lipinski definition) is 2. The van der Waals surface area contributed by atoms with Crippen molar-refractivity contribution in [3.8, 4) is 11.6 Å². The smallest absolute Gasteiger partial charge is 0.253 e. The van der Waals surface area contributed by atoms with Gasteiger partial charge in [0.15, 0.2) is 0 Å². The lowest BCUT2D eigenvalue weighted by molar-refractivity contribution is -0.119. The number of rotatable bonds is 6. The lowest BCUT2D eigenvalue weighted by Gasteiger charge is -2.22. The van der Waals surface area contributed by atoms with E-state index in [-0.39, 0.29) is 10.1 Å². The molecule has 0 aliphatic carbocycles. The summed E-state index contributed by atoms with van der Waals surface area (Å²) in [5.74, 6) is 0.707. The van der Waals surface area contributed by atoms with Crippen LogP contribution in [-0.4, -0.2) is 41.4 Å². The normalized spacial score (nSPS) is 17.2. The van der Waals surface area contributed by atoms with Crippen LogP contribution in [0.4, 0.5) is 5.69 Å². The van der Waals surface area contributed by atoms with Crippen LogP contribution in [-0.2, 0) is 14.8 Å². The third kappa shape index (κ3) is 4.25. The van der Waals surface area contributed by atoms with Gasteiger partial charge in [0.2, 0.25) is 11.8 Å². The van der Waals surface area contributed by atoms with Gasteiger partial charge in [-0.3, -0.25) is 9.89 Å². The molecule has 0 saturated carbocycles. The maximum absolute atomic E-state index is 13.0. The van der Waals surface area contributed by atoms with Crippen molar-refractivity contribution >= 4 is 33.0 Å². The van der Waals surface area contributed by atoms with Crippen molar-refractivity contribution in [2.75, 3.05) is 11.9 Å². The van der Waals surface area contributed by atoms with Crippen LogP contribution in [0.15, 0.2) is 46.7 Å². The van der Waals surface area contributed by atoms with Gasteiger partial charge >= 0.3 is 0 Å². The van der Waals surface area contributed by atoms with Crippen LogP contribution in [0.25, 0.3) is 0 Å². The van der Waals surface area contributed by atoms with Gasteiger partial charge in [-0.2, -0.15) is 4.31 Å². The van der Waals surface area contributed by atoms with E-state index in [0.29, 0.717) is 36.7 Å². The number of ether oxygens (including phenoxy) is 1. The van der Waals surface area contributed by atoms with Gasteiger partial charge in [0.05, 0.1) is 0 Å². The summed E-state index contributed by atoms with van der Waals surface area (Å²) in [5.41, 5.74) is 1.46. The molecule has 1 amide bonds. The van der Waals surface area contributed by atoms with Crippen LogP contribution in [0.5, 0.6) is 11.6 Å². The molecule has 0 bridgehead atoms. The highest BCUT2D eigenvalue weighted by molar-refractivity contribution is 7.91. The van der Waals surface area contributed by atoms with Gasteiger partial charge in [0.25, 0.3) is 10.0 Å². The maximum Gasteiger partial charge on any atom is 0.253 e. The molecule has 4 rings (SSSR count). The number of carbonyl (C=O) groups excluding carboxylic acids is 1. The average molecular weight is 447 g/mol. The Kier molecular flexibility index (Phi) is 5.63. The first-order valence-electron chi connectivity index (χ1n) is 9.52. The van der Waals surface area contributed by atoms with Crippen molar-refractivity contribution < 1.29 is 17.9 Å². The van der Waals surface area contributed by atoms with Crippen LogP contribution in [0.2, 0.25) is 0 Å². The lowest BCUT2D eigenvalue weighted by Crippen LogP contribution is -2.42. The van der Waals surface area contributed by atoms with E-state index in [4.69, 9.17) is 4.74 Å². The predicted molar refractivity (Wildman–Crippen MR) is 114 cm³/mol. The zero-order chi connectivity index (χ0) is 21.3. The molecule has 8 nitrogen and oxygen atoms in total. The summed E-state index contributed by atoms with van der Waals surface area (Å²) in [5, 5.41) is 9.63. The van der Waals surface area contributed by atoms with E-state index in [0.717, 1.165) is 10.6 Å². The molecule has 1 saturated heterocycles. The monoisotopic (exact) mass is 446 g/mol. The quantitative estimate of drug-likeness (QED) is 0.601. The van der Waals surface area contributed by atoms with E-state index in [1.807, 2.05) is 13.8 Å². The number of nitrogens with zero attached hydrogens (tertiary/aromatic N) is 2. The van der Waals surface area contributed by atoms with E-state index in [2.05, 4.69) is 15.5 Å². The van der Waals surface area contributed by atoms with Gasteiger partial charge in [-0.05, 0) is 63.1 Å². The number of nitrogens with one attached hydrogen (secondary N) is 2. The maximum atomic E-state index is 13.0. The molecule has 2 aromatic heterocycles. The van der Waals surface area contributed by atoms with Crippen LogP contribution in [0.3, 0.4) is 0 Å². The average Bonchev–Trinajstić information content (AvgIpc) is 3.44. The van der Waals surface area contributed by atoms with E-state index < -0.39 is 16.1 Å². The summed E-state index contributed by atoms with van der Waals surface area (Å²) in [6, 6.07) is 11.3. The molecule has 3 aromatic rings. The van der Waals surface area contributed by atoms with Crippen molar-refractivity contribution in [2.24, 2.45) is 0 Å². The Hall–Kier alpha value is -2.69. The zero-order valence-corrected chi connectivity index (χ0v) is 18.2. The molecule has 0 unspecified atom stereocenters. The number of H-pyrrole nitrogens is 1. The first kappa shape index (κ1) is 20.6. The molecule has 30 heavy (non-hydrogen) atoms. The van der Waals surface area contributed by atoms with Crippen molar-refractivity contribution in [3.05, 3.63) is 53.0 Å². The molecule has 1 atom stereocenters. The van der Waals surface area contributed by atoms with E-state index >= 15 is 0 Å². The number of aromatic amines is 1. The van der Waals surface area contributed by atoms with Crippen LogP contribution in [0, 0.1) is 13.8 Å². The standard InChI is InChI=1S/C20H22N4O4S2/c1-13-12-18(23-22-13)28-16-8-6-15(7-9-16)21-20(25)17-4-3-11-24(17)30(26,27)19-10-5-14(2)29-19/h5-10,12,17H,3-4,11H2,1-2H3,(H,21,25)(H,22,23)/t17-/m0/s1. The predicted octanol–water partition coefficient (Wildman–Crippen LogP) is 3.67. The third-order valence-electron chi connectivity index (χ3n) is 4.81. The minimum atomic E-state index is -3.68. The van der Waals surface area contributed by atoms with Gasteiger partial charge in [0.1, 0.15) is 16.0 Å². The Balaban J connectivity index is 1.44. The number of aromatic nitrogens is 2. The molecule has 1 aromatic carbocycles. The topological polar surface area (TPSA) is 104 Å². The minimum absolute atomic E-state index is 0.273. The highest BCUT2D eigenvalue weighted by atomic mass is 32.2. The number of carbonyl (C=O) groups is 1. The van der Waals surface area contributed by atoms with Crippen molar-refractivity contribution in [1.82, 2.24) is 14.5 Å². The summed E-state index contributed by atoms with van der Waals surface area (Å²) >= 11 is 1.22. The van der Waals surface area contributed by atoms with Gasteiger partial charge < -0.3 is 10.1 Å². The molecule has 0 spiro atoms. The van der Waals surface area contributed by atoms with Crippen LogP contribution >= 0.6 is 11.3 Å². The number of thiophene rings is 1. The van der Waals surface area contributed by atoms with Crippen molar-refractivity contribution in [1.29, 1.82) is 0 Å². The summed E-state index contributed by atoms with van der Waals surface area (Å²) < 4.78 is 33.1. The highest BCUT2D eigenvalue weighted by Gasteiger charge is 2.40. The zero-order valence-electron chi connectivity index (χ0n) is 16.6. The molecule has 1 aliphatic heterocycles. The van der Waals surface area contributed by atoms with E-state index in [1.54, 1.807) is 42.5 Å². The number of sulfonamides is 1. The molecule has 1 aliphatic rings. The summed E-state index contributed by atoms with van der Waals surface area (Å²) in [6.45, 7) is 4.08. The first-order chi connectivity index (χ1) is 14.3. The summed E-state index contributed by atoms with van der Waals surface area (Å²) in [4.78, 5) is 13.7. The van der Waals surface area contributed by atoms with Crippen LogP contribution in [0.1, 0.15) is 23.4 Å². The molecular weight excluding hydrogens is 424 g/mol. The summed E-state index contributed by atoms with van der Waals surface area (Å²) in [7, 11) is -3.68. The van der Waals surface area contributed by atoms with Crippen molar-refractivity contribution in [3.63, 3.8) is 0 Å². The number of hydrogen-bond acceptors (Lipinski definition) is 6. The van der Waals surface area contributed by atoms with E-state index in [1.165, 1.54) is 15.6 Å². The Morgan fingerprint density at radius 3 is 2.63 bits per heavy atom. The lowest BCUT2D eigenvalue weighted by atomic mass is 10.2. The largest absolute Gasteiger partial charge is 0.438 e. The summed E-state index contributed by atoms with van der Waals surface area (Å²) in [6.07, 6.45) is 1.15. The van der Waals surface area contributed by atoms with Crippen molar-refractivity contribution in [2.45, 2.75) is 36.9 Å². The van der Waals surface area contributed by atoms with Gasteiger partial charge in [-0.1, -0.05) is 0 Å².